The maximum atomic E-state index is 12.8. The molecule has 6 heteroatoms. The molecule has 0 aromatic carbocycles. The highest BCUT2D eigenvalue weighted by molar-refractivity contribution is 5.47. The van der Waals surface area contributed by atoms with Crippen molar-refractivity contribution < 1.29 is 8.91 Å². The summed E-state index contributed by atoms with van der Waals surface area (Å²) in [6.07, 6.45) is 4.09. The van der Waals surface area contributed by atoms with E-state index in [1.807, 2.05) is 6.92 Å². The lowest BCUT2D eigenvalue weighted by atomic mass is 9.85. The smallest absolute Gasteiger partial charge is 0.234 e. The van der Waals surface area contributed by atoms with Gasteiger partial charge in [0.2, 0.25) is 11.7 Å². The van der Waals surface area contributed by atoms with Crippen LogP contribution in [0.25, 0.3) is 11.5 Å². The highest BCUT2D eigenvalue weighted by Gasteiger charge is 2.42. The molecule has 2 atom stereocenters. The zero-order chi connectivity index (χ0) is 13.5. The fourth-order valence-electron chi connectivity index (χ4n) is 2.53. The molecule has 0 bridgehead atoms. The van der Waals surface area contributed by atoms with E-state index >= 15 is 0 Å². The minimum Gasteiger partial charge on any atom is -0.338 e. The number of pyridine rings is 1. The Bertz CT molecular complexity index is 583. The minimum absolute atomic E-state index is 0.0296. The number of hydrogen-bond acceptors (Lipinski definition) is 5. The van der Waals surface area contributed by atoms with Crippen molar-refractivity contribution in [3.8, 4) is 11.5 Å². The van der Waals surface area contributed by atoms with Crippen LogP contribution >= 0.6 is 0 Å². The summed E-state index contributed by atoms with van der Waals surface area (Å²) in [6.45, 7) is 2.04. The summed E-state index contributed by atoms with van der Waals surface area (Å²) in [5.74, 6) is 0.520. The minimum atomic E-state index is -0.391. The van der Waals surface area contributed by atoms with E-state index in [2.05, 4.69) is 15.1 Å². The molecule has 3 rings (SSSR count). The van der Waals surface area contributed by atoms with Gasteiger partial charge in [0.25, 0.3) is 0 Å². The number of nitrogens with zero attached hydrogens (tertiary/aromatic N) is 3. The van der Waals surface area contributed by atoms with Crippen LogP contribution in [0, 0.1) is 5.82 Å². The topological polar surface area (TPSA) is 77.8 Å². The van der Waals surface area contributed by atoms with Crippen LogP contribution in [0.4, 0.5) is 4.39 Å². The first-order valence-electron chi connectivity index (χ1n) is 6.31. The highest BCUT2D eigenvalue weighted by atomic mass is 19.1. The standard InChI is InChI=1S/C13H15FN4O/c1-13(6-2-3-10(13)15)12-17-11(18-19-12)9-5-4-8(14)7-16-9/h4-5,7,10H,2-3,6,15H2,1H3. The Morgan fingerprint density at radius 1 is 1.47 bits per heavy atom. The third kappa shape index (κ3) is 2.02. The van der Waals surface area contributed by atoms with E-state index in [0.717, 1.165) is 25.5 Å². The normalized spacial score (nSPS) is 26.8. The summed E-state index contributed by atoms with van der Waals surface area (Å²) in [7, 11) is 0. The Morgan fingerprint density at radius 3 is 2.95 bits per heavy atom. The quantitative estimate of drug-likeness (QED) is 0.896. The lowest BCUT2D eigenvalue weighted by Gasteiger charge is -2.23. The molecule has 1 fully saturated rings. The first kappa shape index (κ1) is 12.2. The Morgan fingerprint density at radius 2 is 2.32 bits per heavy atom. The van der Waals surface area contributed by atoms with Crippen LogP contribution in [0.1, 0.15) is 32.1 Å². The van der Waals surface area contributed by atoms with Crippen molar-refractivity contribution in [1.29, 1.82) is 0 Å². The monoisotopic (exact) mass is 262 g/mol. The van der Waals surface area contributed by atoms with Gasteiger partial charge in [-0.2, -0.15) is 4.98 Å². The maximum Gasteiger partial charge on any atom is 0.234 e. The van der Waals surface area contributed by atoms with Gasteiger partial charge >= 0.3 is 0 Å². The molecule has 0 amide bonds. The van der Waals surface area contributed by atoms with Gasteiger partial charge in [-0.15, -0.1) is 0 Å². The predicted molar refractivity (Wildman–Crippen MR) is 66.7 cm³/mol. The van der Waals surface area contributed by atoms with Crippen molar-refractivity contribution in [3.05, 3.63) is 30.0 Å². The number of aromatic nitrogens is 3. The summed E-state index contributed by atoms with van der Waals surface area (Å²) in [4.78, 5) is 8.31. The molecule has 19 heavy (non-hydrogen) atoms. The van der Waals surface area contributed by atoms with Crippen LogP contribution in [0.5, 0.6) is 0 Å². The lowest BCUT2D eigenvalue weighted by Crippen LogP contribution is -2.38. The Kier molecular flexibility index (Phi) is 2.82. The van der Waals surface area contributed by atoms with Crippen molar-refractivity contribution in [1.82, 2.24) is 15.1 Å². The van der Waals surface area contributed by atoms with Crippen LogP contribution in [0.15, 0.2) is 22.9 Å². The second kappa shape index (κ2) is 4.38. The van der Waals surface area contributed by atoms with Gasteiger partial charge in [0.05, 0.1) is 11.6 Å². The van der Waals surface area contributed by atoms with Crippen LogP contribution in [0.2, 0.25) is 0 Å². The SMILES string of the molecule is CC1(c2nc(-c3ccc(F)cn3)no2)CCCC1N. The van der Waals surface area contributed by atoms with Gasteiger partial charge in [-0.05, 0) is 31.9 Å². The van der Waals surface area contributed by atoms with E-state index in [0.29, 0.717) is 17.4 Å². The molecule has 100 valence electrons. The third-order valence-electron chi connectivity index (χ3n) is 3.90. The molecule has 5 nitrogen and oxygen atoms in total. The van der Waals surface area contributed by atoms with Gasteiger partial charge in [0.15, 0.2) is 0 Å². The molecule has 2 N–H and O–H groups in total. The van der Waals surface area contributed by atoms with Crippen LogP contribution < -0.4 is 5.73 Å². The molecule has 1 aliphatic carbocycles. The first-order chi connectivity index (χ1) is 9.09. The van der Waals surface area contributed by atoms with Crippen molar-refractivity contribution in [2.75, 3.05) is 0 Å². The first-order valence-corrected chi connectivity index (χ1v) is 6.31. The molecule has 2 unspecified atom stereocenters. The summed E-state index contributed by atoms with van der Waals surface area (Å²) in [5, 5.41) is 3.91. The van der Waals surface area contributed by atoms with Crippen LogP contribution in [0.3, 0.4) is 0 Å². The summed E-state index contributed by atoms with van der Waals surface area (Å²) < 4.78 is 18.2. The average molecular weight is 262 g/mol. The lowest BCUT2D eigenvalue weighted by molar-refractivity contribution is 0.278. The summed E-state index contributed by atoms with van der Waals surface area (Å²) in [6, 6.07) is 2.88. The van der Waals surface area contributed by atoms with Crippen molar-refractivity contribution in [2.45, 2.75) is 37.6 Å². The molecule has 0 spiro atoms. The van der Waals surface area contributed by atoms with Gasteiger partial charge in [-0.3, -0.25) is 0 Å². The molecule has 1 saturated carbocycles. The molecule has 0 aliphatic heterocycles. The van der Waals surface area contributed by atoms with E-state index < -0.39 is 5.82 Å². The van der Waals surface area contributed by atoms with Crippen molar-refractivity contribution in [2.24, 2.45) is 5.73 Å². The molecular formula is C13H15FN4O. The molecule has 2 aromatic rings. The highest BCUT2D eigenvalue weighted by Crippen LogP contribution is 2.39. The number of nitrogens with two attached hydrogens (primary N) is 1. The zero-order valence-electron chi connectivity index (χ0n) is 10.6. The van der Waals surface area contributed by atoms with Crippen molar-refractivity contribution in [3.63, 3.8) is 0 Å². The largest absolute Gasteiger partial charge is 0.338 e. The number of hydrogen-bond donors (Lipinski definition) is 1. The molecule has 0 radical (unpaired) electrons. The average Bonchev–Trinajstić information content (AvgIpc) is 3.00. The third-order valence-corrected chi connectivity index (χ3v) is 3.90. The van der Waals surface area contributed by atoms with E-state index in [9.17, 15) is 4.39 Å². The van der Waals surface area contributed by atoms with Crippen molar-refractivity contribution >= 4 is 0 Å². The molecular weight excluding hydrogens is 247 g/mol. The van der Waals surface area contributed by atoms with E-state index in [1.54, 1.807) is 0 Å². The molecule has 0 saturated heterocycles. The molecule has 2 heterocycles. The van der Waals surface area contributed by atoms with Gasteiger partial charge in [-0.25, -0.2) is 9.37 Å². The second-order valence-electron chi connectivity index (χ2n) is 5.20. The fraction of sp³-hybridized carbons (Fsp3) is 0.462. The van der Waals surface area contributed by atoms with E-state index in [-0.39, 0.29) is 11.5 Å². The van der Waals surface area contributed by atoms with Gasteiger partial charge in [-0.1, -0.05) is 11.6 Å². The Balaban J connectivity index is 1.93. The Hall–Kier alpha value is -1.82. The number of rotatable bonds is 2. The maximum absolute atomic E-state index is 12.8. The van der Waals surface area contributed by atoms with Crippen LogP contribution in [-0.4, -0.2) is 21.2 Å². The van der Waals surface area contributed by atoms with Gasteiger partial charge in [0, 0.05) is 6.04 Å². The fourth-order valence-corrected chi connectivity index (χ4v) is 2.53. The van der Waals surface area contributed by atoms with E-state index in [1.165, 1.54) is 12.1 Å². The second-order valence-corrected chi connectivity index (χ2v) is 5.20. The Labute approximate surface area is 110 Å². The molecule has 1 aliphatic rings. The molecule has 2 aromatic heterocycles. The summed E-state index contributed by atoms with van der Waals surface area (Å²) >= 11 is 0. The summed E-state index contributed by atoms with van der Waals surface area (Å²) in [5.41, 5.74) is 6.34. The van der Waals surface area contributed by atoms with E-state index in [4.69, 9.17) is 10.3 Å². The number of halogens is 1. The van der Waals surface area contributed by atoms with Gasteiger partial charge in [0.1, 0.15) is 11.5 Å². The zero-order valence-corrected chi connectivity index (χ0v) is 10.6. The van der Waals surface area contributed by atoms with Crippen LogP contribution in [-0.2, 0) is 5.41 Å². The van der Waals surface area contributed by atoms with Gasteiger partial charge < -0.3 is 10.3 Å². The predicted octanol–water partition coefficient (Wildman–Crippen LogP) is 2.04.